The lowest BCUT2D eigenvalue weighted by molar-refractivity contribution is -0.114. The number of hydrogen-bond donors (Lipinski definition) is 1. The van der Waals surface area contributed by atoms with E-state index in [-0.39, 0.29) is 17.5 Å². The molecule has 3 aliphatic heterocycles. The molecule has 0 atom stereocenters. The van der Waals surface area contributed by atoms with E-state index in [4.69, 9.17) is 11.6 Å². The van der Waals surface area contributed by atoms with Crippen LogP contribution >= 0.6 is 11.6 Å². The molecule has 3 aliphatic rings. The van der Waals surface area contributed by atoms with Crippen molar-refractivity contribution in [1.82, 2.24) is 19.6 Å². The highest BCUT2D eigenvalue weighted by Crippen LogP contribution is 2.41. The van der Waals surface area contributed by atoms with E-state index in [1.54, 1.807) is 12.3 Å². The summed E-state index contributed by atoms with van der Waals surface area (Å²) in [5.41, 5.74) is 2.79. The zero-order valence-electron chi connectivity index (χ0n) is 20.5. The van der Waals surface area contributed by atoms with Gasteiger partial charge in [-0.1, -0.05) is 17.7 Å². The first-order valence-electron chi connectivity index (χ1n) is 12.8. The van der Waals surface area contributed by atoms with Crippen LogP contribution in [0, 0.1) is 0 Å². The fourth-order valence-electron chi connectivity index (χ4n) is 6.05. The van der Waals surface area contributed by atoms with E-state index < -0.39 is 0 Å². The highest BCUT2D eigenvalue weighted by Gasteiger charge is 2.44. The van der Waals surface area contributed by atoms with E-state index in [0.717, 1.165) is 44.0 Å². The van der Waals surface area contributed by atoms with E-state index in [1.807, 2.05) is 11.0 Å². The highest BCUT2D eigenvalue weighted by molar-refractivity contribution is 6.30. The lowest BCUT2D eigenvalue weighted by Crippen LogP contribution is -2.53. The van der Waals surface area contributed by atoms with Gasteiger partial charge in [-0.3, -0.25) is 9.69 Å². The molecule has 0 unspecified atom stereocenters. The molecule has 0 aliphatic carbocycles. The summed E-state index contributed by atoms with van der Waals surface area (Å²) in [5.74, 6) is 0.196. The van der Waals surface area contributed by atoms with Gasteiger partial charge in [-0.2, -0.15) is 4.68 Å². The number of anilines is 2. The summed E-state index contributed by atoms with van der Waals surface area (Å²) in [5, 5.41) is 7.64. The zero-order valence-corrected chi connectivity index (χ0v) is 21.3. The minimum Gasteiger partial charge on any atom is -0.371 e. The summed E-state index contributed by atoms with van der Waals surface area (Å²) >= 11 is 6.41. The second-order valence-corrected chi connectivity index (χ2v) is 10.6. The Balaban J connectivity index is 1.26. The second-order valence-electron chi connectivity index (χ2n) is 10.2. The number of hydrogen-bond acceptors (Lipinski definition) is 5. The normalized spacial score (nSPS) is 20.4. The number of aromatic nitrogens is 2. The molecular weight excluding hydrogens is 464 g/mol. The molecule has 5 rings (SSSR count). The summed E-state index contributed by atoms with van der Waals surface area (Å²) in [6, 6.07) is 7.89. The Morgan fingerprint density at radius 2 is 1.77 bits per heavy atom. The first kappa shape index (κ1) is 24.1. The van der Waals surface area contributed by atoms with Crippen LogP contribution in [0.1, 0.15) is 57.4 Å². The van der Waals surface area contributed by atoms with Crippen LogP contribution in [0.15, 0.2) is 30.5 Å². The summed E-state index contributed by atoms with van der Waals surface area (Å²) in [6.45, 7) is 7.08. The number of nitrogens with one attached hydrogen (secondary N) is 1. The van der Waals surface area contributed by atoms with Crippen molar-refractivity contribution in [2.24, 2.45) is 0 Å². The van der Waals surface area contributed by atoms with E-state index in [9.17, 15) is 9.59 Å². The van der Waals surface area contributed by atoms with Crippen molar-refractivity contribution in [3.05, 3.63) is 41.0 Å². The van der Waals surface area contributed by atoms with Gasteiger partial charge in [-0.15, -0.1) is 5.10 Å². The third-order valence-electron chi connectivity index (χ3n) is 7.90. The van der Waals surface area contributed by atoms with Crippen LogP contribution in [0.2, 0.25) is 5.02 Å². The predicted octanol–water partition coefficient (Wildman–Crippen LogP) is 4.58. The van der Waals surface area contributed by atoms with E-state index in [2.05, 4.69) is 32.3 Å². The van der Waals surface area contributed by atoms with E-state index in [0.29, 0.717) is 18.9 Å². The number of carbonyl (C=O) groups is 2. The largest absolute Gasteiger partial charge is 0.371 e. The standard InChI is InChI=1S/C26H35ClN6O2/c1-20(34)28-24-8-15-33(29-24)25(35)31-16-10-26(11-17-31)9-5-14-32(26)19-21-6-7-22(27)18-23(21)30-12-3-2-4-13-30/h6-8,15,18H,2-5,9-14,16-17,19H2,1H3,(H,28,29,34). The van der Waals surface area contributed by atoms with Crippen molar-refractivity contribution in [2.45, 2.75) is 64.0 Å². The van der Waals surface area contributed by atoms with Crippen LogP contribution in [0.25, 0.3) is 0 Å². The maximum Gasteiger partial charge on any atom is 0.344 e. The fourth-order valence-corrected chi connectivity index (χ4v) is 6.22. The molecule has 8 nitrogen and oxygen atoms in total. The lowest BCUT2D eigenvalue weighted by atomic mass is 9.84. The molecule has 2 aromatic rings. The number of piperidine rings is 2. The Hall–Kier alpha value is -2.58. The van der Waals surface area contributed by atoms with Crippen molar-refractivity contribution in [1.29, 1.82) is 0 Å². The van der Waals surface area contributed by atoms with Gasteiger partial charge < -0.3 is 15.1 Å². The Kier molecular flexibility index (Phi) is 7.02. The monoisotopic (exact) mass is 498 g/mol. The Bertz CT molecular complexity index is 1070. The number of likely N-dealkylation sites (tertiary alicyclic amines) is 2. The smallest absolute Gasteiger partial charge is 0.344 e. The molecule has 0 radical (unpaired) electrons. The Labute approximate surface area is 212 Å². The number of carbonyl (C=O) groups excluding carboxylic acids is 2. The van der Waals surface area contributed by atoms with Gasteiger partial charge in [0.05, 0.1) is 0 Å². The molecule has 4 heterocycles. The Morgan fingerprint density at radius 3 is 2.51 bits per heavy atom. The fraction of sp³-hybridized carbons (Fsp3) is 0.577. The first-order chi connectivity index (χ1) is 16.9. The average molecular weight is 499 g/mol. The van der Waals surface area contributed by atoms with Crippen molar-refractivity contribution in [3.63, 3.8) is 0 Å². The zero-order chi connectivity index (χ0) is 24.4. The molecule has 9 heteroatoms. The molecule has 188 valence electrons. The lowest BCUT2D eigenvalue weighted by Gasteiger charge is -2.45. The summed E-state index contributed by atoms with van der Waals surface area (Å²) in [7, 11) is 0. The van der Waals surface area contributed by atoms with Crippen LogP contribution in [-0.4, -0.2) is 69.8 Å². The maximum absolute atomic E-state index is 13.0. The third kappa shape index (κ3) is 5.19. The molecule has 1 aromatic heterocycles. The summed E-state index contributed by atoms with van der Waals surface area (Å²) in [6.07, 6.45) is 9.71. The molecule has 1 N–H and O–H groups in total. The topological polar surface area (TPSA) is 73.7 Å². The minimum absolute atomic E-state index is 0.133. The van der Waals surface area contributed by atoms with Gasteiger partial charge in [0.15, 0.2) is 5.82 Å². The van der Waals surface area contributed by atoms with Gasteiger partial charge in [-0.25, -0.2) is 4.79 Å². The summed E-state index contributed by atoms with van der Waals surface area (Å²) < 4.78 is 1.33. The third-order valence-corrected chi connectivity index (χ3v) is 8.14. The molecule has 1 aromatic carbocycles. The maximum atomic E-state index is 13.0. The van der Waals surface area contributed by atoms with Gasteiger partial charge in [0.2, 0.25) is 5.91 Å². The molecule has 35 heavy (non-hydrogen) atoms. The van der Waals surface area contributed by atoms with Gasteiger partial charge in [-0.05, 0) is 69.2 Å². The van der Waals surface area contributed by atoms with Crippen LogP contribution < -0.4 is 10.2 Å². The summed E-state index contributed by atoms with van der Waals surface area (Å²) in [4.78, 5) is 31.3. The predicted molar refractivity (Wildman–Crippen MR) is 138 cm³/mol. The van der Waals surface area contributed by atoms with Crippen molar-refractivity contribution < 1.29 is 9.59 Å². The average Bonchev–Trinajstić information content (AvgIpc) is 3.47. The highest BCUT2D eigenvalue weighted by atomic mass is 35.5. The van der Waals surface area contributed by atoms with Crippen molar-refractivity contribution in [3.8, 4) is 0 Å². The van der Waals surface area contributed by atoms with Gasteiger partial charge >= 0.3 is 6.03 Å². The van der Waals surface area contributed by atoms with Crippen LogP contribution in [0.3, 0.4) is 0 Å². The molecule has 2 amide bonds. The quantitative estimate of drug-likeness (QED) is 0.667. The molecule has 3 saturated heterocycles. The molecule has 0 bridgehead atoms. The van der Waals surface area contributed by atoms with E-state index in [1.165, 1.54) is 55.0 Å². The van der Waals surface area contributed by atoms with Crippen LogP contribution in [0.4, 0.5) is 16.3 Å². The van der Waals surface area contributed by atoms with Gasteiger partial charge in [0.25, 0.3) is 0 Å². The van der Waals surface area contributed by atoms with Crippen LogP contribution in [0.5, 0.6) is 0 Å². The number of nitrogens with zero attached hydrogens (tertiary/aromatic N) is 5. The van der Waals surface area contributed by atoms with E-state index >= 15 is 0 Å². The van der Waals surface area contributed by atoms with Gasteiger partial charge in [0, 0.05) is 68.2 Å². The SMILES string of the molecule is CC(=O)Nc1ccn(C(=O)N2CCC3(CCCN3Cc3ccc(Cl)cc3N3CCCCC3)CC2)n1. The Morgan fingerprint density at radius 1 is 1.00 bits per heavy atom. The van der Waals surface area contributed by atoms with Gasteiger partial charge in [0.1, 0.15) is 0 Å². The molecule has 3 fully saturated rings. The number of benzene rings is 1. The molecular formula is C26H35ClN6O2. The van der Waals surface area contributed by atoms with Crippen molar-refractivity contribution in [2.75, 3.05) is 42.9 Å². The van der Waals surface area contributed by atoms with Crippen molar-refractivity contribution >= 4 is 35.0 Å². The molecule has 1 spiro atoms. The number of halogens is 1. The first-order valence-corrected chi connectivity index (χ1v) is 13.2. The second kappa shape index (κ2) is 10.2. The minimum atomic E-state index is -0.201. The number of rotatable bonds is 4. The molecule has 0 saturated carbocycles. The van der Waals surface area contributed by atoms with Crippen LogP contribution in [-0.2, 0) is 11.3 Å². The number of amides is 2.